The number of carbonyl (C=O) groups excluding carboxylic acids is 1. The highest BCUT2D eigenvalue weighted by molar-refractivity contribution is 5.98. The molecule has 0 saturated carbocycles. The standard InChI is InChI=1S/C18H17N5O4/c1-3-22-11(2)20-15-9-12(4-6-16(15)22)18(25)21-19-10-13-8-14(23(26)27)5-7-17(13)24/h4-10,24H,3H2,1-2H3,(H,21,25)/p-1/b19-10-. The number of hydrazone groups is 1. The van der Waals surface area contributed by atoms with Crippen LogP contribution in [0.2, 0.25) is 0 Å². The van der Waals surface area contributed by atoms with E-state index in [1.165, 1.54) is 0 Å². The van der Waals surface area contributed by atoms with Crippen molar-refractivity contribution in [1.29, 1.82) is 0 Å². The first-order valence-corrected chi connectivity index (χ1v) is 8.16. The zero-order valence-corrected chi connectivity index (χ0v) is 14.7. The number of aryl methyl sites for hydroxylation is 2. The molecule has 0 bridgehead atoms. The number of imidazole rings is 1. The molecule has 2 aromatic carbocycles. The van der Waals surface area contributed by atoms with Crippen molar-refractivity contribution in [1.82, 2.24) is 15.0 Å². The molecule has 0 fully saturated rings. The van der Waals surface area contributed by atoms with Crippen molar-refractivity contribution >= 4 is 28.8 Å². The highest BCUT2D eigenvalue weighted by Crippen LogP contribution is 2.19. The van der Waals surface area contributed by atoms with Crippen molar-refractivity contribution in [2.24, 2.45) is 5.10 Å². The summed E-state index contributed by atoms with van der Waals surface area (Å²) in [6.07, 6.45) is 1.09. The smallest absolute Gasteiger partial charge is 0.271 e. The molecule has 0 unspecified atom stereocenters. The lowest BCUT2D eigenvalue weighted by Gasteiger charge is -2.08. The number of nitrogens with one attached hydrogen (secondary N) is 1. The number of nitro groups is 1. The minimum atomic E-state index is -0.609. The molecular formula is C18H16N5O4-. The fourth-order valence-corrected chi connectivity index (χ4v) is 2.77. The first kappa shape index (κ1) is 18.1. The maximum atomic E-state index is 12.3. The summed E-state index contributed by atoms with van der Waals surface area (Å²) in [5.74, 6) is -0.0490. The topological polar surface area (TPSA) is 125 Å². The number of amides is 1. The molecule has 0 spiro atoms. The van der Waals surface area contributed by atoms with Gasteiger partial charge in [0.1, 0.15) is 5.82 Å². The predicted molar refractivity (Wildman–Crippen MR) is 97.7 cm³/mol. The Morgan fingerprint density at radius 2 is 2.11 bits per heavy atom. The molecule has 3 rings (SSSR count). The van der Waals surface area contributed by atoms with Crippen LogP contribution in [0, 0.1) is 17.0 Å². The van der Waals surface area contributed by atoms with E-state index in [2.05, 4.69) is 15.5 Å². The number of carbonyl (C=O) groups is 1. The fourth-order valence-electron chi connectivity index (χ4n) is 2.77. The Hall–Kier alpha value is -3.75. The second kappa shape index (κ2) is 7.24. The van der Waals surface area contributed by atoms with Crippen LogP contribution in [0.4, 0.5) is 5.69 Å². The molecule has 1 aromatic heterocycles. The average molecular weight is 366 g/mol. The minimum Gasteiger partial charge on any atom is -0.872 e. The molecule has 1 heterocycles. The van der Waals surface area contributed by atoms with Crippen molar-refractivity contribution in [3.63, 3.8) is 0 Å². The summed E-state index contributed by atoms with van der Waals surface area (Å²) < 4.78 is 2.03. The lowest BCUT2D eigenvalue weighted by molar-refractivity contribution is -0.385. The monoisotopic (exact) mass is 366 g/mol. The highest BCUT2D eigenvalue weighted by Gasteiger charge is 2.10. The van der Waals surface area contributed by atoms with Crippen LogP contribution in [-0.2, 0) is 6.54 Å². The van der Waals surface area contributed by atoms with E-state index >= 15 is 0 Å². The summed E-state index contributed by atoms with van der Waals surface area (Å²) in [4.78, 5) is 26.8. The van der Waals surface area contributed by atoms with Crippen molar-refractivity contribution in [3.8, 4) is 5.75 Å². The molecular weight excluding hydrogens is 350 g/mol. The van der Waals surface area contributed by atoms with Gasteiger partial charge in [-0.1, -0.05) is 11.8 Å². The van der Waals surface area contributed by atoms with Gasteiger partial charge in [0.05, 0.1) is 22.2 Å². The van der Waals surface area contributed by atoms with Crippen molar-refractivity contribution in [3.05, 3.63) is 63.5 Å². The Bertz CT molecular complexity index is 1070. The van der Waals surface area contributed by atoms with Crippen LogP contribution in [-0.4, -0.2) is 26.6 Å². The van der Waals surface area contributed by atoms with Gasteiger partial charge in [-0.3, -0.25) is 14.9 Å². The molecule has 1 N–H and O–H groups in total. The van der Waals surface area contributed by atoms with E-state index < -0.39 is 16.6 Å². The summed E-state index contributed by atoms with van der Waals surface area (Å²) in [7, 11) is 0. The van der Waals surface area contributed by atoms with Crippen LogP contribution in [0.3, 0.4) is 0 Å². The van der Waals surface area contributed by atoms with E-state index in [1.54, 1.807) is 12.1 Å². The van der Waals surface area contributed by atoms with Crippen molar-refractivity contribution < 1.29 is 14.8 Å². The number of aromatic nitrogens is 2. The second-order valence-corrected chi connectivity index (χ2v) is 5.79. The third-order valence-electron chi connectivity index (χ3n) is 4.09. The van der Waals surface area contributed by atoms with Gasteiger partial charge in [-0.25, -0.2) is 10.4 Å². The van der Waals surface area contributed by atoms with Gasteiger partial charge in [-0.2, -0.15) is 5.10 Å². The largest absolute Gasteiger partial charge is 0.872 e. The van der Waals surface area contributed by atoms with Crippen LogP contribution in [0.1, 0.15) is 28.7 Å². The van der Waals surface area contributed by atoms with Gasteiger partial charge in [-0.05, 0) is 37.6 Å². The molecule has 3 aromatic rings. The number of hydrogen-bond acceptors (Lipinski definition) is 6. The molecule has 0 aliphatic rings. The maximum Gasteiger partial charge on any atom is 0.271 e. The Morgan fingerprint density at radius 1 is 1.33 bits per heavy atom. The molecule has 9 heteroatoms. The van der Waals surface area contributed by atoms with Crippen LogP contribution < -0.4 is 10.5 Å². The fraction of sp³-hybridized carbons (Fsp3) is 0.167. The van der Waals surface area contributed by atoms with Gasteiger partial charge in [0.15, 0.2) is 0 Å². The van der Waals surface area contributed by atoms with Gasteiger partial charge >= 0.3 is 0 Å². The molecule has 0 saturated heterocycles. The van der Waals surface area contributed by atoms with E-state index in [4.69, 9.17) is 0 Å². The Balaban J connectivity index is 1.78. The Labute approximate surface area is 154 Å². The van der Waals surface area contributed by atoms with Crippen molar-refractivity contribution in [2.45, 2.75) is 20.4 Å². The summed E-state index contributed by atoms with van der Waals surface area (Å²) >= 11 is 0. The van der Waals surface area contributed by atoms with E-state index in [-0.39, 0.29) is 11.3 Å². The SMILES string of the molecule is CCn1c(C)nc2cc(C(=O)N/N=C\c3cc([N+](=O)[O-])ccc3[O-])ccc21. The van der Waals surface area contributed by atoms with E-state index in [9.17, 15) is 20.0 Å². The maximum absolute atomic E-state index is 12.3. The van der Waals surface area contributed by atoms with E-state index in [0.29, 0.717) is 11.1 Å². The lowest BCUT2D eigenvalue weighted by atomic mass is 10.2. The molecule has 0 aliphatic heterocycles. The number of non-ortho nitro benzene ring substituents is 1. The molecule has 1 amide bonds. The van der Waals surface area contributed by atoms with E-state index in [1.807, 2.05) is 24.5 Å². The summed E-state index contributed by atoms with van der Waals surface area (Å²) in [6, 6.07) is 8.43. The van der Waals surface area contributed by atoms with Crippen molar-refractivity contribution in [2.75, 3.05) is 0 Å². The number of nitro benzene ring substituents is 1. The number of fused-ring (bicyclic) bond motifs is 1. The third-order valence-corrected chi connectivity index (χ3v) is 4.09. The van der Waals surface area contributed by atoms with Gasteiger partial charge < -0.3 is 9.67 Å². The van der Waals surface area contributed by atoms with E-state index in [0.717, 1.165) is 42.3 Å². The third kappa shape index (κ3) is 3.61. The zero-order valence-electron chi connectivity index (χ0n) is 14.7. The number of rotatable bonds is 5. The molecule has 0 aliphatic carbocycles. The number of hydrogen-bond donors (Lipinski definition) is 1. The predicted octanol–water partition coefficient (Wildman–Crippen LogP) is 2.11. The molecule has 0 radical (unpaired) electrons. The Kier molecular flexibility index (Phi) is 4.84. The van der Waals surface area contributed by atoms with Crippen LogP contribution in [0.25, 0.3) is 11.0 Å². The van der Waals surface area contributed by atoms with Gasteiger partial charge in [-0.15, -0.1) is 0 Å². The zero-order chi connectivity index (χ0) is 19.6. The van der Waals surface area contributed by atoms with Gasteiger partial charge in [0, 0.05) is 24.2 Å². The molecule has 27 heavy (non-hydrogen) atoms. The first-order chi connectivity index (χ1) is 12.9. The minimum absolute atomic E-state index is 0.0114. The molecule has 0 atom stereocenters. The second-order valence-electron chi connectivity index (χ2n) is 5.79. The molecule has 138 valence electrons. The van der Waals surface area contributed by atoms with Crippen LogP contribution in [0.5, 0.6) is 5.75 Å². The number of benzene rings is 2. The van der Waals surface area contributed by atoms with Crippen LogP contribution >= 0.6 is 0 Å². The van der Waals surface area contributed by atoms with Crippen LogP contribution in [0.15, 0.2) is 41.5 Å². The summed E-state index contributed by atoms with van der Waals surface area (Å²) in [5, 5.41) is 26.2. The molecule has 9 nitrogen and oxygen atoms in total. The number of nitrogens with zero attached hydrogens (tertiary/aromatic N) is 4. The lowest BCUT2D eigenvalue weighted by Crippen LogP contribution is -2.17. The first-order valence-electron chi connectivity index (χ1n) is 8.16. The summed E-state index contributed by atoms with van der Waals surface area (Å²) in [6.45, 7) is 4.69. The van der Waals surface area contributed by atoms with Gasteiger partial charge in [0.2, 0.25) is 0 Å². The average Bonchev–Trinajstić information content (AvgIpc) is 2.96. The highest BCUT2D eigenvalue weighted by atomic mass is 16.6. The normalized spacial score (nSPS) is 11.2. The summed E-state index contributed by atoms with van der Waals surface area (Å²) in [5.41, 5.74) is 4.09. The van der Waals surface area contributed by atoms with Gasteiger partial charge in [0.25, 0.3) is 11.6 Å². The quantitative estimate of drug-likeness (QED) is 0.420. The Morgan fingerprint density at radius 3 is 2.81 bits per heavy atom.